The molecule has 1 atom stereocenters. The van der Waals surface area contributed by atoms with Gasteiger partial charge in [0, 0.05) is 12.8 Å². The van der Waals surface area contributed by atoms with Crippen LogP contribution in [0, 0.1) is 0 Å². The van der Waals surface area contributed by atoms with E-state index in [1.54, 1.807) is 0 Å². The zero-order valence-corrected chi connectivity index (χ0v) is 8.80. The summed E-state index contributed by atoms with van der Waals surface area (Å²) in [6, 6.07) is 0.774. The highest BCUT2D eigenvalue weighted by Crippen LogP contribution is 2.13. The maximum atomic E-state index is 2.45. The molecule has 0 saturated carbocycles. The molecule has 0 aromatic carbocycles. The van der Waals surface area contributed by atoms with Crippen molar-refractivity contribution in [3.63, 3.8) is 0 Å². The van der Waals surface area contributed by atoms with Crippen molar-refractivity contribution >= 4 is 5.84 Å². The minimum absolute atomic E-state index is 0.774. The lowest BCUT2D eigenvalue weighted by Gasteiger charge is -2.29. The molecule has 0 aromatic rings. The van der Waals surface area contributed by atoms with Crippen molar-refractivity contribution in [1.29, 1.82) is 0 Å². The normalized spacial score (nSPS) is 25.0. The lowest BCUT2D eigenvalue weighted by Crippen LogP contribution is -2.46. The van der Waals surface area contributed by atoms with Crippen molar-refractivity contribution in [3.05, 3.63) is 0 Å². The Kier molecular flexibility index (Phi) is 3.12. The van der Waals surface area contributed by atoms with E-state index in [2.05, 4.69) is 37.4 Å². The van der Waals surface area contributed by atoms with Gasteiger partial charge in [-0.15, -0.1) is 0 Å². The van der Waals surface area contributed by atoms with Crippen LogP contribution < -0.4 is 0 Å². The Labute approximate surface area is 75.9 Å². The molecule has 0 fully saturated rings. The van der Waals surface area contributed by atoms with Crippen molar-refractivity contribution in [2.24, 2.45) is 0 Å². The van der Waals surface area contributed by atoms with Crippen LogP contribution in [0.2, 0.25) is 0 Å². The van der Waals surface area contributed by atoms with Crippen LogP contribution in [0.25, 0.3) is 0 Å². The van der Waals surface area contributed by atoms with Crippen LogP contribution in [-0.2, 0) is 0 Å². The average molecular weight is 169 g/mol. The van der Waals surface area contributed by atoms with Crippen LogP contribution in [-0.4, -0.2) is 42.0 Å². The molecular weight excluding hydrogens is 148 g/mol. The molecule has 2 nitrogen and oxygen atoms in total. The number of rotatable bonds is 2. The molecule has 70 valence electrons. The summed E-state index contributed by atoms with van der Waals surface area (Å²) in [4.78, 5) is 2.45. The second kappa shape index (κ2) is 3.92. The molecule has 0 spiro atoms. The zero-order valence-electron chi connectivity index (χ0n) is 8.80. The minimum Gasteiger partial charge on any atom is -0.268 e. The molecule has 0 saturated heterocycles. The smallest absolute Gasteiger partial charge is 0.246 e. The summed E-state index contributed by atoms with van der Waals surface area (Å²) in [6.07, 6.45) is 3.74. The van der Waals surface area contributed by atoms with Gasteiger partial charge in [-0.2, -0.15) is 0 Å². The van der Waals surface area contributed by atoms with Crippen molar-refractivity contribution < 1.29 is 4.58 Å². The van der Waals surface area contributed by atoms with E-state index in [4.69, 9.17) is 0 Å². The van der Waals surface area contributed by atoms with E-state index in [1.165, 1.54) is 25.2 Å². The Morgan fingerprint density at radius 2 is 2.17 bits per heavy atom. The fourth-order valence-corrected chi connectivity index (χ4v) is 2.14. The monoisotopic (exact) mass is 169 g/mol. The van der Waals surface area contributed by atoms with Gasteiger partial charge in [0.1, 0.15) is 0 Å². The molecular formula is C10H21N2+. The molecule has 0 radical (unpaired) electrons. The van der Waals surface area contributed by atoms with Gasteiger partial charge in [-0.25, -0.2) is 0 Å². The van der Waals surface area contributed by atoms with Gasteiger partial charge < -0.3 is 0 Å². The zero-order chi connectivity index (χ0) is 9.14. The van der Waals surface area contributed by atoms with Crippen LogP contribution in [0.4, 0.5) is 0 Å². The van der Waals surface area contributed by atoms with Gasteiger partial charge in [-0.3, -0.25) is 9.48 Å². The lowest BCUT2D eigenvalue weighted by atomic mass is 10.1. The molecule has 0 aliphatic carbocycles. The molecule has 0 aromatic heterocycles. The molecule has 1 aliphatic rings. The molecule has 0 amide bonds. The van der Waals surface area contributed by atoms with E-state index in [9.17, 15) is 0 Å². The van der Waals surface area contributed by atoms with Gasteiger partial charge in [-0.1, -0.05) is 13.8 Å². The van der Waals surface area contributed by atoms with Gasteiger partial charge in [0.25, 0.3) is 0 Å². The topological polar surface area (TPSA) is 6.25 Å². The van der Waals surface area contributed by atoms with Crippen molar-refractivity contribution in [2.75, 3.05) is 20.6 Å². The van der Waals surface area contributed by atoms with E-state index in [0.717, 1.165) is 12.5 Å². The van der Waals surface area contributed by atoms with Gasteiger partial charge in [0.2, 0.25) is 5.84 Å². The van der Waals surface area contributed by atoms with Crippen LogP contribution in [0.1, 0.15) is 33.1 Å². The fourth-order valence-electron chi connectivity index (χ4n) is 2.14. The Morgan fingerprint density at radius 1 is 1.50 bits per heavy atom. The number of amidine groups is 1. The molecule has 1 rings (SSSR count). The predicted molar refractivity (Wildman–Crippen MR) is 52.8 cm³/mol. The van der Waals surface area contributed by atoms with Crippen LogP contribution in [0.5, 0.6) is 0 Å². The second-order valence-corrected chi connectivity index (χ2v) is 3.65. The number of hydrogen-bond acceptors (Lipinski definition) is 1. The van der Waals surface area contributed by atoms with E-state index in [-0.39, 0.29) is 0 Å². The second-order valence-electron chi connectivity index (χ2n) is 3.65. The summed E-state index contributed by atoms with van der Waals surface area (Å²) < 4.78 is 2.38. The quantitative estimate of drug-likeness (QED) is 0.568. The van der Waals surface area contributed by atoms with Crippen molar-refractivity contribution in [1.82, 2.24) is 4.90 Å². The molecule has 2 heteroatoms. The highest BCUT2D eigenvalue weighted by Gasteiger charge is 2.28. The lowest BCUT2D eigenvalue weighted by molar-refractivity contribution is -0.511. The first kappa shape index (κ1) is 9.56. The average Bonchev–Trinajstić information content (AvgIpc) is 2.06. The van der Waals surface area contributed by atoms with E-state index in [1.807, 2.05) is 0 Å². The van der Waals surface area contributed by atoms with Gasteiger partial charge in [-0.05, 0) is 6.42 Å². The standard InChI is InChI=1S/C10H21N2/c1-5-9-7-8-11(3)10(6-2)12(9)4/h9H,5-8H2,1-4H3/q+1. The first-order chi connectivity index (χ1) is 5.70. The third-order valence-corrected chi connectivity index (χ3v) is 2.98. The van der Waals surface area contributed by atoms with Gasteiger partial charge in [0.05, 0.1) is 26.7 Å². The first-order valence-electron chi connectivity index (χ1n) is 5.00. The van der Waals surface area contributed by atoms with Gasteiger partial charge >= 0.3 is 0 Å². The van der Waals surface area contributed by atoms with E-state index >= 15 is 0 Å². The minimum atomic E-state index is 0.774. The highest BCUT2D eigenvalue weighted by molar-refractivity contribution is 5.77. The number of hydrogen-bond donors (Lipinski definition) is 0. The molecule has 1 aliphatic heterocycles. The van der Waals surface area contributed by atoms with Crippen molar-refractivity contribution in [3.8, 4) is 0 Å². The maximum Gasteiger partial charge on any atom is 0.246 e. The molecule has 12 heavy (non-hydrogen) atoms. The molecule has 1 heterocycles. The van der Waals surface area contributed by atoms with Crippen molar-refractivity contribution in [2.45, 2.75) is 39.2 Å². The summed E-state index contributed by atoms with van der Waals surface area (Å²) in [5.41, 5.74) is 0. The Morgan fingerprint density at radius 3 is 2.67 bits per heavy atom. The summed E-state index contributed by atoms with van der Waals surface area (Å²) in [6.45, 7) is 5.74. The molecule has 0 N–H and O–H groups in total. The summed E-state index contributed by atoms with van der Waals surface area (Å²) in [5.74, 6) is 1.49. The third kappa shape index (κ3) is 1.62. The first-order valence-corrected chi connectivity index (χ1v) is 5.00. The van der Waals surface area contributed by atoms with E-state index < -0.39 is 0 Å². The Hall–Kier alpha value is -0.530. The highest BCUT2D eigenvalue weighted by atomic mass is 15.3. The summed E-state index contributed by atoms with van der Waals surface area (Å²) in [5, 5.41) is 0. The fraction of sp³-hybridized carbons (Fsp3) is 0.900. The summed E-state index contributed by atoms with van der Waals surface area (Å²) in [7, 11) is 4.42. The van der Waals surface area contributed by atoms with Crippen LogP contribution in [0.3, 0.4) is 0 Å². The Bertz CT molecular complexity index is 184. The summed E-state index contributed by atoms with van der Waals surface area (Å²) >= 11 is 0. The van der Waals surface area contributed by atoms with Gasteiger partial charge in [0.15, 0.2) is 0 Å². The number of nitrogens with zero attached hydrogens (tertiary/aromatic N) is 2. The van der Waals surface area contributed by atoms with E-state index in [0.29, 0.717) is 0 Å². The third-order valence-electron chi connectivity index (χ3n) is 2.98. The molecule has 0 bridgehead atoms. The van der Waals surface area contributed by atoms with Crippen LogP contribution >= 0.6 is 0 Å². The Balaban J connectivity index is 2.77. The SMILES string of the molecule is CCC1=[N+](C)CCC(CC)N1C. The largest absolute Gasteiger partial charge is 0.268 e. The maximum absolute atomic E-state index is 2.45. The predicted octanol–water partition coefficient (Wildman–Crippen LogP) is 1.55. The molecule has 1 unspecified atom stereocenters. The van der Waals surface area contributed by atoms with Crippen LogP contribution in [0.15, 0.2) is 0 Å².